The number of carbonyl (C=O) groups excluding carboxylic acids is 1. The van der Waals surface area contributed by atoms with Gasteiger partial charge in [0.1, 0.15) is 6.04 Å². The molecule has 0 unspecified atom stereocenters. The molecule has 1 amide bonds. The van der Waals surface area contributed by atoms with Crippen molar-refractivity contribution in [2.45, 2.75) is 31.7 Å². The minimum atomic E-state index is -1.18. The van der Waals surface area contributed by atoms with Crippen LogP contribution in [-0.2, 0) is 20.8 Å². The molecule has 7 nitrogen and oxygen atoms in total. The molecule has 0 heterocycles. The van der Waals surface area contributed by atoms with Crippen LogP contribution in [0.2, 0.25) is 0 Å². The van der Waals surface area contributed by atoms with Crippen molar-refractivity contribution in [1.82, 2.24) is 5.32 Å². The van der Waals surface area contributed by atoms with Gasteiger partial charge >= 0.3 is 11.9 Å². The minimum Gasteiger partial charge on any atom is -0.481 e. The molecule has 0 spiro atoms. The highest BCUT2D eigenvalue weighted by Gasteiger charge is 2.20. The molecule has 114 valence electrons. The predicted octanol–water partition coefficient (Wildman–Crippen LogP) is 0.636. The van der Waals surface area contributed by atoms with Crippen molar-refractivity contribution in [3.05, 3.63) is 29.8 Å². The zero-order valence-corrected chi connectivity index (χ0v) is 11.4. The molecule has 21 heavy (non-hydrogen) atoms. The third-order valence-corrected chi connectivity index (χ3v) is 2.83. The molecule has 0 fully saturated rings. The normalized spacial score (nSPS) is 11.6. The maximum Gasteiger partial charge on any atom is 0.326 e. The molecule has 0 bridgehead atoms. The van der Waals surface area contributed by atoms with Crippen molar-refractivity contribution in [3.63, 3.8) is 0 Å². The van der Waals surface area contributed by atoms with Gasteiger partial charge < -0.3 is 21.3 Å². The number of carboxylic acids is 2. The number of benzene rings is 1. The third kappa shape index (κ3) is 6.42. The van der Waals surface area contributed by atoms with Crippen LogP contribution < -0.4 is 11.1 Å². The zero-order valence-electron chi connectivity index (χ0n) is 11.4. The van der Waals surface area contributed by atoms with Gasteiger partial charge in [-0.15, -0.1) is 0 Å². The van der Waals surface area contributed by atoms with E-state index in [1.807, 2.05) is 0 Å². The summed E-state index contributed by atoms with van der Waals surface area (Å²) in [7, 11) is 0. The van der Waals surface area contributed by atoms with Crippen LogP contribution in [0.1, 0.15) is 24.8 Å². The molecule has 1 rings (SSSR count). The highest BCUT2D eigenvalue weighted by Crippen LogP contribution is 2.08. The number of nitrogens with one attached hydrogen (secondary N) is 1. The van der Waals surface area contributed by atoms with Gasteiger partial charge in [-0.2, -0.15) is 0 Å². The van der Waals surface area contributed by atoms with E-state index in [1.165, 1.54) is 0 Å². The van der Waals surface area contributed by atoms with Crippen LogP contribution in [0.5, 0.6) is 0 Å². The number of amides is 1. The van der Waals surface area contributed by atoms with Gasteiger partial charge in [-0.25, -0.2) is 4.79 Å². The Morgan fingerprint density at radius 1 is 1.24 bits per heavy atom. The average molecular weight is 294 g/mol. The van der Waals surface area contributed by atoms with E-state index < -0.39 is 23.9 Å². The summed E-state index contributed by atoms with van der Waals surface area (Å²) in [5.74, 6) is -2.62. The number of aliphatic carboxylic acids is 2. The van der Waals surface area contributed by atoms with Gasteiger partial charge in [-0.1, -0.05) is 12.1 Å². The molecular formula is C14H18N2O5. The molecule has 7 heteroatoms. The van der Waals surface area contributed by atoms with E-state index in [0.29, 0.717) is 11.3 Å². The molecule has 0 saturated heterocycles. The molecule has 0 aliphatic carbocycles. The first-order chi connectivity index (χ1) is 9.88. The van der Waals surface area contributed by atoms with E-state index in [-0.39, 0.29) is 25.7 Å². The largest absolute Gasteiger partial charge is 0.481 e. The maximum absolute atomic E-state index is 11.8. The number of nitrogen functional groups attached to an aromatic ring is 1. The number of rotatable bonds is 8. The van der Waals surface area contributed by atoms with Crippen molar-refractivity contribution in [1.29, 1.82) is 0 Å². The van der Waals surface area contributed by atoms with E-state index >= 15 is 0 Å². The molecule has 0 radical (unpaired) electrons. The summed E-state index contributed by atoms with van der Waals surface area (Å²) < 4.78 is 0. The molecule has 0 aromatic heterocycles. The number of hydrogen-bond acceptors (Lipinski definition) is 4. The zero-order chi connectivity index (χ0) is 15.8. The standard InChI is InChI=1S/C14H18N2O5/c15-10-4-1-3-9(7-10)8-12(17)16-11(14(20)21)5-2-6-13(18)19/h1,3-4,7,11H,2,5-6,8,15H2,(H,16,17)(H,18,19)(H,20,21)/t11-/m1/s1. The summed E-state index contributed by atoms with van der Waals surface area (Å²) in [5, 5.41) is 19.9. The van der Waals surface area contributed by atoms with Crippen LogP contribution in [0, 0.1) is 0 Å². The second-order valence-electron chi connectivity index (χ2n) is 4.67. The maximum atomic E-state index is 11.8. The van der Waals surface area contributed by atoms with E-state index in [4.69, 9.17) is 15.9 Å². The molecule has 1 aromatic carbocycles. The Hall–Kier alpha value is -2.57. The SMILES string of the molecule is Nc1cccc(CC(=O)N[C@H](CCCC(=O)O)C(=O)O)c1. The minimum absolute atomic E-state index is 0.0216. The van der Waals surface area contributed by atoms with E-state index in [0.717, 1.165) is 0 Å². The van der Waals surface area contributed by atoms with E-state index in [1.54, 1.807) is 24.3 Å². The highest BCUT2D eigenvalue weighted by molar-refractivity contribution is 5.85. The van der Waals surface area contributed by atoms with E-state index in [2.05, 4.69) is 5.32 Å². The smallest absolute Gasteiger partial charge is 0.326 e. The summed E-state index contributed by atoms with van der Waals surface area (Å²) in [6, 6.07) is 5.67. The lowest BCUT2D eigenvalue weighted by Gasteiger charge is -2.14. The Morgan fingerprint density at radius 2 is 1.95 bits per heavy atom. The fourth-order valence-corrected chi connectivity index (χ4v) is 1.85. The van der Waals surface area contributed by atoms with Crippen LogP contribution in [0.4, 0.5) is 5.69 Å². The first kappa shape index (κ1) is 16.5. The number of hydrogen-bond donors (Lipinski definition) is 4. The fraction of sp³-hybridized carbons (Fsp3) is 0.357. The Morgan fingerprint density at radius 3 is 2.52 bits per heavy atom. The fourth-order valence-electron chi connectivity index (χ4n) is 1.85. The highest BCUT2D eigenvalue weighted by atomic mass is 16.4. The summed E-state index contributed by atoms with van der Waals surface area (Å²) in [5.41, 5.74) is 6.80. The summed E-state index contributed by atoms with van der Waals surface area (Å²) in [4.78, 5) is 33.2. The van der Waals surface area contributed by atoms with Gasteiger partial charge in [0.25, 0.3) is 0 Å². The molecular weight excluding hydrogens is 276 g/mol. The summed E-state index contributed by atoms with van der Waals surface area (Å²) in [6.45, 7) is 0. The first-order valence-electron chi connectivity index (χ1n) is 6.47. The molecule has 0 aliphatic rings. The summed E-state index contributed by atoms with van der Waals surface area (Å²) in [6.07, 6.45) is 0.151. The van der Waals surface area contributed by atoms with Gasteiger partial charge in [0.15, 0.2) is 0 Å². The number of carbonyl (C=O) groups is 3. The Labute approximate surface area is 121 Å². The molecule has 0 aliphatic heterocycles. The van der Waals surface area contributed by atoms with Crippen molar-refractivity contribution < 1.29 is 24.6 Å². The van der Waals surface area contributed by atoms with Crippen LogP contribution in [0.25, 0.3) is 0 Å². The van der Waals surface area contributed by atoms with Gasteiger partial charge in [0.05, 0.1) is 6.42 Å². The lowest BCUT2D eigenvalue weighted by Crippen LogP contribution is -2.41. The molecule has 1 atom stereocenters. The summed E-state index contributed by atoms with van der Waals surface area (Å²) >= 11 is 0. The third-order valence-electron chi connectivity index (χ3n) is 2.83. The quantitative estimate of drug-likeness (QED) is 0.520. The van der Waals surface area contributed by atoms with E-state index in [9.17, 15) is 14.4 Å². The Bertz CT molecular complexity index is 530. The van der Waals surface area contributed by atoms with Crippen molar-refractivity contribution in [3.8, 4) is 0 Å². The van der Waals surface area contributed by atoms with Crippen LogP contribution in [0.3, 0.4) is 0 Å². The number of nitrogens with two attached hydrogens (primary N) is 1. The van der Waals surface area contributed by atoms with Crippen molar-refractivity contribution in [2.24, 2.45) is 0 Å². The van der Waals surface area contributed by atoms with Crippen LogP contribution >= 0.6 is 0 Å². The van der Waals surface area contributed by atoms with Crippen molar-refractivity contribution in [2.75, 3.05) is 5.73 Å². The Kier molecular flexibility index (Phi) is 6.19. The molecule has 1 aromatic rings. The average Bonchev–Trinajstić information content (AvgIpc) is 2.36. The second-order valence-corrected chi connectivity index (χ2v) is 4.67. The molecule has 0 saturated carbocycles. The van der Waals surface area contributed by atoms with Crippen LogP contribution in [0.15, 0.2) is 24.3 Å². The topological polar surface area (TPSA) is 130 Å². The van der Waals surface area contributed by atoms with Gasteiger partial charge in [-0.05, 0) is 30.5 Å². The predicted molar refractivity (Wildman–Crippen MR) is 75.6 cm³/mol. The lowest BCUT2D eigenvalue weighted by molar-refractivity contribution is -0.142. The van der Waals surface area contributed by atoms with Gasteiger partial charge in [-0.3, -0.25) is 9.59 Å². The molecule has 5 N–H and O–H groups in total. The first-order valence-corrected chi connectivity index (χ1v) is 6.47. The van der Waals surface area contributed by atoms with Gasteiger partial charge in [0, 0.05) is 12.1 Å². The Balaban J connectivity index is 2.52. The van der Waals surface area contributed by atoms with Crippen LogP contribution in [-0.4, -0.2) is 34.1 Å². The monoisotopic (exact) mass is 294 g/mol. The second kappa shape index (κ2) is 7.88. The van der Waals surface area contributed by atoms with Crippen molar-refractivity contribution >= 4 is 23.5 Å². The number of anilines is 1. The van der Waals surface area contributed by atoms with Gasteiger partial charge in [0.2, 0.25) is 5.91 Å². The number of carboxylic acid groups (broad SMARTS) is 2. The lowest BCUT2D eigenvalue weighted by atomic mass is 10.1.